The first-order valence-corrected chi connectivity index (χ1v) is 5.81. The molecule has 0 bridgehead atoms. The predicted molar refractivity (Wildman–Crippen MR) is 59.2 cm³/mol. The van der Waals surface area contributed by atoms with Gasteiger partial charge in [-0.1, -0.05) is 0 Å². The zero-order valence-corrected chi connectivity index (χ0v) is 9.95. The number of halogens is 2. The number of furan rings is 1. The van der Waals surface area contributed by atoms with E-state index >= 15 is 0 Å². The minimum Gasteiger partial charge on any atom is -0.441 e. The molecule has 0 unspecified atom stereocenters. The van der Waals surface area contributed by atoms with Crippen LogP contribution in [0.1, 0.15) is 16.1 Å². The van der Waals surface area contributed by atoms with Crippen LogP contribution in [0.4, 0.5) is 0 Å². The number of rotatable bonds is 2. The Balaban J connectivity index is 2.38. The molecular formula is C9H4BrClO2S. The van der Waals surface area contributed by atoms with E-state index in [2.05, 4.69) is 15.9 Å². The average molecular weight is 292 g/mol. The molecule has 2 rings (SSSR count). The van der Waals surface area contributed by atoms with E-state index < -0.39 is 0 Å². The van der Waals surface area contributed by atoms with Gasteiger partial charge in [0.15, 0.2) is 11.0 Å². The van der Waals surface area contributed by atoms with Crippen molar-refractivity contribution in [2.24, 2.45) is 0 Å². The van der Waals surface area contributed by atoms with Gasteiger partial charge in [0.2, 0.25) is 5.78 Å². The fourth-order valence-corrected chi connectivity index (χ4v) is 2.61. The molecule has 0 aromatic carbocycles. The van der Waals surface area contributed by atoms with Gasteiger partial charge in [-0.2, -0.15) is 11.3 Å². The summed E-state index contributed by atoms with van der Waals surface area (Å²) in [6, 6.07) is 3.11. The van der Waals surface area contributed by atoms with Gasteiger partial charge in [-0.05, 0) is 39.7 Å². The third kappa shape index (κ3) is 1.78. The molecule has 0 atom stereocenters. The summed E-state index contributed by atoms with van der Waals surface area (Å²) in [7, 11) is 0. The van der Waals surface area contributed by atoms with E-state index in [0.717, 1.165) is 4.47 Å². The number of hydrogen-bond acceptors (Lipinski definition) is 3. The van der Waals surface area contributed by atoms with Gasteiger partial charge in [-0.15, -0.1) is 0 Å². The molecule has 5 heteroatoms. The van der Waals surface area contributed by atoms with E-state index in [1.165, 1.54) is 11.3 Å². The third-order valence-electron chi connectivity index (χ3n) is 1.66. The number of carbonyl (C=O) groups excluding carboxylic acids is 1. The average Bonchev–Trinajstić information content (AvgIpc) is 2.73. The van der Waals surface area contributed by atoms with E-state index in [4.69, 9.17) is 16.0 Å². The summed E-state index contributed by atoms with van der Waals surface area (Å²) in [4.78, 5) is 11.8. The molecule has 2 nitrogen and oxygen atoms in total. The van der Waals surface area contributed by atoms with Crippen molar-refractivity contribution in [3.8, 4) is 0 Å². The number of ketones is 1. The first kappa shape index (κ1) is 9.96. The van der Waals surface area contributed by atoms with Gasteiger partial charge in [0.25, 0.3) is 0 Å². The van der Waals surface area contributed by atoms with Crippen LogP contribution in [0, 0.1) is 0 Å². The summed E-state index contributed by atoms with van der Waals surface area (Å²) in [6.45, 7) is 0. The van der Waals surface area contributed by atoms with Crippen molar-refractivity contribution >= 4 is 44.7 Å². The van der Waals surface area contributed by atoms with E-state index in [1.54, 1.807) is 17.5 Å². The Morgan fingerprint density at radius 1 is 1.43 bits per heavy atom. The lowest BCUT2D eigenvalue weighted by atomic mass is 10.2. The van der Waals surface area contributed by atoms with Crippen LogP contribution in [-0.2, 0) is 0 Å². The third-order valence-corrected chi connectivity index (χ3v) is 3.56. The fraction of sp³-hybridized carbons (Fsp3) is 0. The Labute approximate surface area is 97.6 Å². The van der Waals surface area contributed by atoms with Gasteiger partial charge in [-0.25, -0.2) is 0 Å². The van der Waals surface area contributed by atoms with Gasteiger partial charge >= 0.3 is 0 Å². The molecule has 0 N–H and O–H groups in total. The zero-order valence-electron chi connectivity index (χ0n) is 6.79. The van der Waals surface area contributed by atoms with Gasteiger partial charge in [0.1, 0.15) is 0 Å². The van der Waals surface area contributed by atoms with Gasteiger partial charge in [-0.3, -0.25) is 4.79 Å². The summed E-state index contributed by atoms with van der Waals surface area (Å²) in [5, 5.41) is 3.83. The van der Waals surface area contributed by atoms with Crippen LogP contribution in [0.15, 0.2) is 31.8 Å². The molecule has 0 saturated carbocycles. The van der Waals surface area contributed by atoms with Gasteiger partial charge < -0.3 is 4.42 Å². The van der Waals surface area contributed by atoms with Crippen molar-refractivity contribution in [1.82, 2.24) is 0 Å². The summed E-state index contributed by atoms with van der Waals surface area (Å²) in [6.07, 6.45) is 0. The molecule has 0 radical (unpaired) electrons. The lowest BCUT2D eigenvalue weighted by molar-refractivity contribution is 0.101. The van der Waals surface area contributed by atoms with Crippen molar-refractivity contribution in [2.45, 2.75) is 0 Å². The first-order valence-electron chi connectivity index (χ1n) is 3.70. The van der Waals surface area contributed by atoms with Crippen LogP contribution < -0.4 is 0 Å². The summed E-state index contributed by atoms with van der Waals surface area (Å²) in [5.74, 6) is 0.0964. The van der Waals surface area contributed by atoms with E-state index in [0.29, 0.717) is 5.56 Å². The minimum atomic E-state index is -0.162. The summed E-state index contributed by atoms with van der Waals surface area (Å²) >= 11 is 10.3. The highest BCUT2D eigenvalue weighted by Crippen LogP contribution is 2.25. The first-order chi connectivity index (χ1) is 6.68. The van der Waals surface area contributed by atoms with E-state index in [1.807, 2.05) is 5.38 Å². The highest BCUT2D eigenvalue weighted by atomic mass is 79.9. The van der Waals surface area contributed by atoms with Crippen LogP contribution in [-0.4, -0.2) is 5.78 Å². The second kappa shape index (κ2) is 3.88. The van der Waals surface area contributed by atoms with Crippen LogP contribution in [0.5, 0.6) is 0 Å². The van der Waals surface area contributed by atoms with Crippen molar-refractivity contribution in [3.63, 3.8) is 0 Å². The van der Waals surface area contributed by atoms with E-state index in [9.17, 15) is 4.79 Å². The maximum Gasteiger partial charge on any atom is 0.230 e. The molecule has 2 aromatic heterocycles. The molecule has 72 valence electrons. The SMILES string of the molecule is O=C(c1ccc(Cl)o1)c1cscc1Br. The van der Waals surface area contributed by atoms with Crippen LogP contribution in [0.25, 0.3) is 0 Å². The van der Waals surface area contributed by atoms with Gasteiger partial charge in [0.05, 0.1) is 5.56 Å². The van der Waals surface area contributed by atoms with Crippen molar-refractivity contribution < 1.29 is 9.21 Å². The summed E-state index contributed by atoms with van der Waals surface area (Å²) < 4.78 is 5.80. The molecule has 0 saturated heterocycles. The Morgan fingerprint density at radius 3 is 2.71 bits per heavy atom. The molecule has 0 fully saturated rings. The van der Waals surface area contributed by atoms with E-state index in [-0.39, 0.29) is 16.8 Å². The van der Waals surface area contributed by atoms with Crippen LogP contribution in [0.2, 0.25) is 5.22 Å². The largest absolute Gasteiger partial charge is 0.441 e. The highest BCUT2D eigenvalue weighted by molar-refractivity contribution is 9.10. The maximum absolute atomic E-state index is 11.8. The molecule has 0 amide bonds. The molecule has 0 spiro atoms. The number of hydrogen-bond donors (Lipinski definition) is 0. The lowest BCUT2D eigenvalue weighted by Crippen LogP contribution is -1.97. The Hall–Kier alpha value is -0.580. The quantitative estimate of drug-likeness (QED) is 0.783. The Kier molecular flexibility index (Phi) is 2.76. The fourth-order valence-electron chi connectivity index (χ4n) is 1.01. The molecular weight excluding hydrogens is 288 g/mol. The van der Waals surface area contributed by atoms with Gasteiger partial charge in [0, 0.05) is 15.2 Å². The normalized spacial score (nSPS) is 10.4. The molecule has 0 aliphatic rings. The van der Waals surface area contributed by atoms with Crippen molar-refractivity contribution in [3.05, 3.63) is 43.9 Å². The standard InChI is InChI=1S/C9H4BrClO2S/c10-6-4-14-3-5(6)9(12)7-1-2-8(11)13-7/h1-4H. The highest BCUT2D eigenvalue weighted by Gasteiger charge is 2.16. The predicted octanol–water partition coefficient (Wildman–Crippen LogP) is 3.99. The van der Waals surface area contributed by atoms with Crippen molar-refractivity contribution in [2.75, 3.05) is 0 Å². The molecule has 2 heterocycles. The second-order valence-electron chi connectivity index (χ2n) is 2.57. The molecule has 2 aromatic rings. The summed E-state index contributed by atoms with van der Waals surface area (Å²) in [5.41, 5.74) is 0.598. The Morgan fingerprint density at radius 2 is 2.21 bits per heavy atom. The Bertz CT molecular complexity index is 475. The topological polar surface area (TPSA) is 30.2 Å². The smallest absolute Gasteiger partial charge is 0.230 e. The monoisotopic (exact) mass is 290 g/mol. The number of thiophene rings is 1. The van der Waals surface area contributed by atoms with Crippen molar-refractivity contribution in [1.29, 1.82) is 0 Å². The minimum absolute atomic E-state index is 0.162. The lowest BCUT2D eigenvalue weighted by Gasteiger charge is -1.93. The van der Waals surface area contributed by atoms with Crippen LogP contribution in [0.3, 0.4) is 0 Å². The molecule has 0 aliphatic carbocycles. The number of carbonyl (C=O) groups is 1. The zero-order chi connectivity index (χ0) is 10.1. The van der Waals surface area contributed by atoms with Crippen LogP contribution >= 0.6 is 38.9 Å². The second-order valence-corrected chi connectivity index (χ2v) is 4.54. The molecule has 14 heavy (non-hydrogen) atoms. The molecule has 0 aliphatic heterocycles. The maximum atomic E-state index is 11.8.